The second kappa shape index (κ2) is 12.6. The number of ether oxygens (including phenoxy) is 2. The normalized spacial score (nSPS) is 11.6. The first-order valence-electron chi connectivity index (χ1n) is 11.5. The third-order valence-corrected chi connectivity index (χ3v) is 8.87. The number of hydrogen-bond acceptors (Lipinski definition) is 6. The van der Waals surface area contributed by atoms with Crippen molar-refractivity contribution in [1.82, 2.24) is 0 Å². The van der Waals surface area contributed by atoms with Gasteiger partial charge in [0.1, 0.15) is 11.5 Å². The average molecular weight is 636 g/mol. The zero-order chi connectivity index (χ0) is 29.1. The number of carbonyl (C=O) groups excluding carboxylic acids is 3. The van der Waals surface area contributed by atoms with E-state index in [4.69, 9.17) is 55.9 Å². The molecule has 0 aliphatic carbocycles. The van der Waals surface area contributed by atoms with Crippen LogP contribution in [0, 0.1) is 0 Å². The molecule has 0 radical (unpaired) electrons. The van der Waals surface area contributed by atoms with Crippen molar-refractivity contribution in [3.8, 4) is 11.5 Å². The molecule has 0 heterocycles. The molecule has 4 aromatic carbocycles. The molecule has 1 unspecified atom stereocenters. The number of rotatable bonds is 9. The Labute approximate surface area is 250 Å². The Morgan fingerprint density at radius 3 is 1.68 bits per heavy atom. The highest BCUT2D eigenvalue weighted by atomic mass is 35.5. The monoisotopic (exact) mass is 634 g/mol. The smallest absolute Gasteiger partial charge is 0.226 e. The first-order valence-corrected chi connectivity index (χ1v) is 14.4. The molecule has 0 aliphatic rings. The molecule has 0 saturated heterocycles. The summed E-state index contributed by atoms with van der Waals surface area (Å²) in [5, 5.41) is -0.0809. The first kappa shape index (κ1) is 29.9. The van der Waals surface area contributed by atoms with Crippen LogP contribution in [-0.2, 0) is 4.57 Å². The van der Waals surface area contributed by atoms with E-state index in [9.17, 15) is 18.9 Å². The molecular formula is C29H19Cl4O6P. The zero-order valence-corrected chi connectivity index (χ0v) is 24.9. The van der Waals surface area contributed by atoms with Crippen molar-refractivity contribution in [1.29, 1.82) is 0 Å². The average Bonchev–Trinajstić information content (AvgIpc) is 2.95. The molecular weight excluding hydrogens is 617 g/mol. The van der Waals surface area contributed by atoms with Crippen LogP contribution in [-0.4, -0.2) is 31.3 Å². The third kappa shape index (κ3) is 5.69. The molecule has 0 bridgehead atoms. The number of ketones is 2. The highest BCUT2D eigenvalue weighted by molar-refractivity contribution is 7.71. The van der Waals surface area contributed by atoms with Gasteiger partial charge in [-0.1, -0.05) is 76.7 Å². The van der Waals surface area contributed by atoms with Gasteiger partial charge < -0.3 is 14.0 Å². The van der Waals surface area contributed by atoms with Gasteiger partial charge in [0, 0.05) is 16.4 Å². The lowest BCUT2D eigenvalue weighted by Gasteiger charge is -2.16. The largest absolute Gasteiger partial charge is 0.497 e. The summed E-state index contributed by atoms with van der Waals surface area (Å²) in [6, 6.07) is 17.5. The van der Waals surface area contributed by atoms with Crippen molar-refractivity contribution in [3.63, 3.8) is 0 Å². The fourth-order valence-corrected chi connectivity index (χ4v) is 6.65. The molecule has 11 heteroatoms. The van der Waals surface area contributed by atoms with Crippen LogP contribution in [0.25, 0.3) is 0 Å². The van der Waals surface area contributed by atoms with Crippen LogP contribution in [0.2, 0.25) is 20.1 Å². The van der Waals surface area contributed by atoms with Crippen LogP contribution in [0.4, 0.5) is 0 Å². The molecule has 0 spiro atoms. The summed E-state index contributed by atoms with van der Waals surface area (Å²) < 4.78 is 24.4. The highest BCUT2D eigenvalue weighted by Gasteiger charge is 2.32. The van der Waals surface area contributed by atoms with Crippen molar-refractivity contribution in [2.24, 2.45) is 0 Å². The van der Waals surface area contributed by atoms with E-state index in [2.05, 4.69) is 0 Å². The van der Waals surface area contributed by atoms with Gasteiger partial charge in [-0.2, -0.15) is 0 Å². The van der Waals surface area contributed by atoms with Crippen molar-refractivity contribution < 1.29 is 28.4 Å². The van der Waals surface area contributed by atoms with Gasteiger partial charge in [-0.15, -0.1) is 0 Å². The van der Waals surface area contributed by atoms with Crippen molar-refractivity contribution in [3.05, 3.63) is 121 Å². The quantitative estimate of drug-likeness (QED) is 0.138. The maximum Gasteiger partial charge on any atom is 0.226 e. The number of halogens is 4. The van der Waals surface area contributed by atoms with Gasteiger partial charge in [0.15, 0.2) is 19.4 Å². The van der Waals surface area contributed by atoms with E-state index in [0.29, 0.717) is 5.75 Å². The van der Waals surface area contributed by atoms with Crippen molar-refractivity contribution >= 4 is 76.6 Å². The molecule has 6 nitrogen and oxygen atoms in total. The number of hydrogen-bond donors (Lipinski definition) is 0. The van der Waals surface area contributed by atoms with Crippen molar-refractivity contribution in [2.45, 2.75) is 0 Å². The molecule has 0 aromatic heterocycles. The molecule has 4 aromatic rings. The van der Waals surface area contributed by atoms with Crippen LogP contribution < -0.4 is 14.8 Å². The summed E-state index contributed by atoms with van der Waals surface area (Å²) in [4.78, 5) is 41.5. The maximum atomic E-state index is 14.1. The van der Waals surface area contributed by atoms with Crippen LogP contribution in [0.5, 0.6) is 11.5 Å². The third-order valence-electron chi connectivity index (χ3n) is 6.02. The molecule has 0 N–H and O–H groups in total. The van der Waals surface area contributed by atoms with Crippen LogP contribution in [0.1, 0.15) is 42.2 Å². The lowest BCUT2D eigenvalue weighted by Crippen LogP contribution is -2.22. The fourth-order valence-electron chi connectivity index (χ4n) is 4.10. The van der Waals surface area contributed by atoms with E-state index in [1.165, 1.54) is 68.8 Å². The molecule has 0 aliphatic heterocycles. The predicted molar refractivity (Wildman–Crippen MR) is 159 cm³/mol. The molecule has 204 valence electrons. The molecule has 0 fully saturated rings. The lowest BCUT2D eigenvalue weighted by atomic mass is 9.93. The summed E-state index contributed by atoms with van der Waals surface area (Å²) in [6.07, 6.45) is 0. The Balaban J connectivity index is 1.98. The summed E-state index contributed by atoms with van der Waals surface area (Å²) in [5.41, 5.74) is -1.53. The minimum absolute atomic E-state index is 0.00180. The fraction of sp³-hybridized carbons (Fsp3) is 0.0690. The Bertz CT molecular complexity index is 1660. The van der Waals surface area contributed by atoms with E-state index in [1.54, 1.807) is 18.2 Å². The zero-order valence-electron chi connectivity index (χ0n) is 20.9. The summed E-state index contributed by atoms with van der Waals surface area (Å²) in [6.45, 7) is 0. The number of methoxy groups -OCH3 is 2. The molecule has 40 heavy (non-hydrogen) atoms. The van der Waals surface area contributed by atoms with E-state index in [-0.39, 0.29) is 59.0 Å². The van der Waals surface area contributed by atoms with E-state index < -0.39 is 24.9 Å². The van der Waals surface area contributed by atoms with Crippen LogP contribution in [0.3, 0.4) is 0 Å². The molecule has 0 saturated carbocycles. The summed E-state index contributed by atoms with van der Waals surface area (Å²) in [5.74, 6) is -1.04. The molecule has 4 rings (SSSR count). The minimum atomic E-state index is -3.47. The van der Waals surface area contributed by atoms with Crippen LogP contribution >= 0.6 is 54.2 Å². The number of benzene rings is 4. The van der Waals surface area contributed by atoms with Gasteiger partial charge in [-0.25, -0.2) is 0 Å². The Kier molecular flexibility index (Phi) is 9.40. The van der Waals surface area contributed by atoms with E-state index in [1.807, 2.05) is 0 Å². The Morgan fingerprint density at radius 1 is 0.625 bits per heavy atom. The van der Waals surface area contributed by atoms with E-state index >= 15 is 0 Å². The maximum absolute atomic E-state index is 14.1. The predicted octanol–water partition coefficient (Wildman–Crippen LogP) is 7.80. The molecule has 1 atom stereocenters. The molecule has 0 amide bonds. The summed E-state index contributed by atoms with van der Waals surface area (Å²) >= 11 is 25.3. The standard InChI is InChI=1S/C29H19Cl4O6P/c1-38-15-12-13-22(39-2)17(14-15)29(36)40(37)23-11-3-6-16(27(34)25-18(30)7-4-8-19(25)31)24(23)28(35)26-20(32)9-5-10-21(26)33/h3-14,40H,1-2H3. The van der Waals surface area contributed by atoms with Gasteiger partial charge in [0.25, 0.3) is 0 Å². The van der Waals surface area contributed by atoms with E-state index in [0.717, 1.165) is 0 Å². The second-order valence-electron chi connectivity index (χ2n) is 8.30. The second-order valence-corrected chi connectivity index (χ2v) is 11.6. The van der Waals surface area contributed by atoms with Crippen molar-refractivity contribution in [2.75, 3.05) is 14.2 Å². The van der Waals surface area contributed by atoms with Crippen LogP contribution in [0.15, 0.2) is 72.8 Å². The summed E-state index contributed by atoms with van der Waals surface area (Å²) in [7, 11) is -0.694. The van der Waals surface area contributed by atoms with Gasteiger partial charge >= 0.3 is 0 Å². The topological polar surface area (TPSA) is 86.7 Å². The van der Waals surface area contributed by atoms with Gasteiger partial charge in [0.2, 0.25) is 5.52 Å². The minimum Gasteiger partial charge on any atom is -0.497 e. The number of carbonyl (C=O) groups is 3. The van der Waals surface area contributed by atoms with Gasteiger partial charge in [-0.3, -0.25) is 14.4 Å². The Hall–Kier alpha value is -3.12. The highest BCUT2D eigenvalue weighted by Crippen LogP contribution is 2.37. The SMILES string of the molecule is COc1ccc(OC)c(C(=O)[PH](=O)c2cccc(C(=O)c3c(Cl)cccc3Cl)c2C(=O)c2c(Cl)cccc2Cl)c1. The lowest BCUT2D eigenvalue weighted by molar-refractivity contribution is 0.100. The first-order chi connectivity index (χ1) is 19.1. The van der Waals surface area contributed by atoms with Gasteiger partial charge in [-0.05, 0) is 42.5 Å². The van der Waals surface area contributed by atoms with Gasteiger partial charge in [0.05, 0.1) is 51.0 Å². The Morgan fingerprint density at radius 2 is 1.15 bits per heavy atom.